The summed E-state index contributed by atoms with van der Waals surface area (Å²) in [4.78, 5) is 24.5. The third-order valence-electron chi connectivity index (χ3n) is 4.09. The average Bonchev–Trinajstić information content (AvgIpc) is 2.55. The highest BCUT2D eigenvalue weighted by Crippen LogP contribution is 2.25. The number of hydrogen-bond acceptors (Lipinski definition) is 5. The Balaban J connectivity index is 2.59. The molecule has 0 saturated heterocycles. The Bertz CT molecular complexity index is 461. The number of carbonyl (C=O) groups is 2. The Labute approximate surface area is 145 Å². The van der Waals surface area contributed by atoms with Crippen molar-refractivity contribution in [3.8, 4) is 0 Å². The zero-order chi connectivity index (χ0) is 17.9. The van der Waals surface area contributed by atoms with E-state index in [-0.39, 0.29) is 18.4 Å². The maximum absolute atomic E-state index is 12.3. The maximum Gasteiger partial charge on any atom is 0.336 e. The van der Waals surface area contributed by atoms with Gasteiger partial charge in [0, 0.05) is 17.8 Å². The van der Waals surface area contributed by atoms with Crippen LogP contribution in [-0.4, -0.2) is 25.2 Å². The first-order chi connectivity index (χ1) is 11.5. The van der Waals surface area contributed by atoms with Gasteiger partial charge in [-0.3, -0.25) is 0 Å². The fourth-order valence-corrected chi connectivity index (χ4v) is 2.53. The van der Waals surface area contributed by atoms with E-state index in [0.29, 0.717) is 24.4 Å². The number of unbranched alkanes of at least 4 members (excludes halogenated alkanes) is 4. The molecule has 5 nitrogen and oxygen atoms in total. The monoisotopic (exact) mass is 337 g/mol. The number of hydrogen-bond donors (Lipinski definition) is 1. The van der Waals surface area contributed by atoms with Crippen LogP contribution in [0.25, 0.3) is 0 Å². The van der Waals surface area contributed by atoms with Crippen molar-refractivity contribution in [2.75, 3.05) is 13.2 Å². The lowest BCUT2D eigenvalue weighted by atomic mass is 9.98. The summed E-state index contributed by atoms with van der Waals surface area (Å²) in [6, 6.07) is 0. The summed E-state index contributed by atoms with van der Waals surface area (Å²) in [7, 11) is 0. The van der Waals surface area contributed by atoms with Crippen molar-refractivity contribution in [1.82, 2.24) is 5.32 Å². The molecule has 1 aliphatic heterocycles. The summed E-state index contributed by atoms with van der Waals surface area (Å²) in [5, 5.41) is 3.10. The van der Waals surface area contributed by atoms with Crippen LogP contribution < -0.4 is 5.32 Å². The van der Waals surface area contributed by atoms with E-state index < -0.39 is 0 Å². The molecule has 1 N–H and O–H groups in total. The van der Waals surface area contributed by atoms with E-state index in [9.17, 15) is 9.59 Å². The van der Waals surface area contributed by atoms with Crippen LogP contribution in [-0.2, 0) is 19.1 Å². The van der Waals surface area contributed by atoms with Crippen LogP contribution in [0.1, 0.15) is 72.6 Å². The lowest BCUT2D eigenvalue weighted by molar-refractivity contribution is -0.139. The van der Waals surface area contributed by atoms with Crippen LogP contribution in [0.4, 0.5) is 0 Å². The summed E-state index contributed by atoms with van der Waals surface area (Å²) in [6.45, 7) is 8.70. The van der Waals surface area contributed by atoms with Gasteiger partial charge in [-0.1, -0.05) is 39.5 Å². The smallest absolute Gasteiger partial charge is 0.336 e. The van der Waals surface area contributed by atoms with Gasteiger partial charge in [-0.2, -0.15) is 0 Å². The van der Waals surface area contributed by atoms with Crippen LogP contribution in [0.2, 0.25) is 0 Å². The Morgan fingerprint density at radius 2 is 1.25 bits per heavy atom. The molecule has 0 radical (unpaired) electrons. The first-order valence-electron chi connectivity index (χ1n) is 9.02. The molecule has 0 unspecified atom stereocenters. The SMILES string of the molecule is CCCCCOC(=O)C1=C(C)NC(C)=C(C(=O)OCCCCC)C1. The summed E-state index contributed by atoms with van der Waals surface area (Å²) >= 11 is 0. The molecule has 0 bridgehead atoms. The van der Waals surface area contributed by atoms with Crippen molar-refractivity contribution in [2.45, 2.75) is 72.6 Å². The molecule has 136 valence electrons. The molecule has 0 aliphatic carbocycles. The molecule has 0 aromatic rings. The third kappa shape index (κ3) is 6.38. The Morgan fingerprint density at radius 1 is 0.833 bits per heavy atom. The first kappa shape index (κ1) is 20.3. The van der Waals surface area contributed by atoms with E-state index in [1.54, 1.807) is 0 Å². The van der Waals surface area contributed by atoms with Gasteiger partial charge in [0.2, 0.25) is 0 Å². The van der Waals surface area contributed by atoms with Crippen LogP contribution in [0.3, 0.4) is 0 Å². The molecule has 0 saturated carbocycles. The molecule has 1 heterocycles. The number of ether oxygens (including phenoxy) is 2. The molecule has 5 heteroatoms. The van der Waals surface area contributed by atoms with Crippen LogP contribution in [0, 0.1) is 0 Å². The second-order valence-corrected chi connectivity index (χ2v) is 6.19. The van der Waals surface area contributed by atoms with Gasteiger partial charge < -0.3 is 14.8 Å². The van der Waals surface area contributed by atoms with Gasteiger partial charge in [-0.25, -0.2) is 9.59 Å². The van der Waals surface area contributed by atoms with Crippen molar-refractivity contribution in [1.29, 1.82) is 0 Å². The highest BCUT2D eigenvalue weighted by Gasteiger charge is 2.26. The van der Waals surface area contributed by atoms with Crippen LogP contribution in [0.5, 0.6) is 0 Å². The largest absolute Gasteiger partial charge is 0.462 e. The third-order valence-corrected chi connectivity index (χ3v) is 4.09. The summed E-state index contributed by atoms with van der Waals surface area (Å²) < 4.78 is 10.6. The van der Waals surface area contributed by atoms with Gasteiger partial charge in [-0.05, 0) is 26.7 Å². The van der Waals surface area contributed by atoms with E-state index in [4.69, 9.17) is 9.47 Å². The van der Waals surface area contributed by atoms with Crippen molar-refractivity contribution in [2.24, 2.45) is 0 Å². The minimum Gasteiger partial charge on any atom is -0.462 e. The molecule has 0 amide bonds. The van der Waals surface area contributed by atoms with Gasteiger partial charge in [-0.15, -0.1) is 0 Å². The van der Waals surface area contributed by atoms with Crippen LogP contribution >= 0.6 is 0 Å². The second-order valence-electron chi connectivity index (χ2n) is 6.19. The summed E-state index contributed by atoms with van der Waals surface area (Å²) in [6.07, 6.45) is 6.24. The van der Waals surface area contributed by atoms with Gasteiger partial charge >= 0.3 is 11.9 Å². The van der Waals surface area contributed by atoms with Crippen LogP contribution in [0.15, 0.2) is 22.5 Å². The number of nitrogens with one attached hydrogen (secondary N) is 1. The topological polar surface area (TPSA) is 64.6 Å². The van der Waals surface area contributed by atoms with E-state index in [2.05, 4.69) is 19.2 Å². The van der Waals surface area contributed by atoms with Crippen molar-refractivity contribution in [3.05, 3.63) is 22.5 Å². The fourth-order valence-electron chi connectivity index (χ4n) is 2.53. The molecule has 0 fully saturated rings. The van der Waals surface area contributed by atoms with Gasteiger partial charge in [0.05, 0.1) is 24.4 Å². The fraction of sp³-hybridized carbons (Fsp3) is 0.684. The highest BCUT2D eigenvalue weighted by molar-refractivity contribution is 5.96. The number of carbonyl (C=O) groups excluding carboxylic acids is 2. The quantitative estimate of drug-likeness (QED) is 0.482. The number of allylic oxidation sites excluding steroid dienone is 2. The van der Waals surface area contributed by atoms with Gasteiger partial charge in [0.1, 0.15) is 0 Å². The van der Waals surface area contributed by atoms with Gasteiger partial charge in [0.25, 0.3) is 0 Å². The zero-order valence-corrected chi connectivity index (χ0v) is 15.5. The Hall–Kier alpha value is -1.78. The molecule has 0 atom stereocenters. The van der Waals surface area contributed by atoms with E-state index >= 15 is 0 Å². The van der Waals surface area contributed by atoms with Gasteiger partial charge in [0.15, 0.2) is 0 Å². The molecular formula is C19H31NO4. The minimum absolute atomic E-state index is 0.268. The normalized spacial score (nSPS) is 14.5. The molecule has 0 aromatic carbocycles. The average molecular weight is 337 g/mol. The maximum atomic E-state index is 12.3. The molecule has 24 heavy (non-hydrogen) atoms. The molecule has 1 rings (SSSR count). The highest BCUT2D eigenvalue weighted by atomic mass is 16.5. The van der Waals surface area contributed by atoms with Crippen molar-refractivity contribution in [3.63, 3.8) is 0 Å². The first-order valence-corrected chi connectivity index (χ1v) is 9.02. The second kappa shape index (κ2) is 10.9. The molecule has 0 aromatic heterocycles. The number of rotatable bonds is 10. The molecular weight excluding hydrogens is 306 g/mol. The predicted octanol–water partition coefficient (Wildman–Crippen LogP) is 3.99. The van der Waals surface area contributed by atoms with E-state index in [1.807, 2.05) is 13.8 Å². The minimum atomic E-state index is -0.347. The van der Waals surface area contributed by atoms with Crippen molar-refractivity contribution >= 4 is 11.9 Å². The number of esters is 2. The van der Waals surface area contributed by atoms with E-state index in [1.165, 1.54) is 0 Å². The lowest BCUT2D eigenvalue weighted by Gasteiger charge is -2.22. The predicted molar refractivity (Wildman–Crippen MR) is 94.1 cm³/mol. The molecule has 0 spiro atoms. The Kier molecular flexibility index (Phi) is 9.20. The molecule has 1 aliphatic rings. The standard InChI is InChI=1S/C19H31NO4/c1-5-7-9-11-23-18(21)16-13-17(15(4)20-14(16)3)19(22)24-12-10-8-6-2/h20H,5-13H2,1-4H3. The lowest BCUT2D eigenvalue weighted by Crippen LogP contribution is -2.27. The summed E-state index contributed by atoms with van der Waals surface area (Å²) in [5.74, 6) is -0.695. The summed E-state index contributed by atoms with van der Waals surface area (Å²) in [5.41, 5.74) is 2.52. The Morgan fingerprint density at radius 3 is 1.62 bits per heavy atom. The van der Waals surface area contributed by atoms with Crippen molar-refractivity contribution < 1.29 is 19.1 Å². The van der Waals surface area contributed by atoms with E-state index in [0.717, 1.165) is 49.9 Å². The number of dihydropyridines is 1. The zero-order valence-electron chi connectivity index (χ0n) is 15.5.